The van der Waals surface area contributed by atoms with E-state index in [1.807, 2.05) is 0 Å². The molecule has 1 aromatic carbocycles. The van der Waals surface area contributed by atoms with Crippen LogP contribution in [-0.4, -0.2) is 48.7 Å². The molecule has 0 aliphatic carbocycles. The maximum absolute atomic E-state index is 12.2. The van der Waals surface area contributed by atoms with E-state index >= 15 is 0 Å². The summed E-state index contributed by atoms with van der Waals surface area (Å²) < 4.78 is 10.8. The van der Waals surface area contributed by atoms with Crippen molar-refractivity contribution in [1.29, 1.82) is 0 Å². The van der Waals surface area contributed by atoms with E-state index in [2.05, 4.69) is 6.92 Å². The summed E-state index contributed by atoms with van der Waals surface area (Å²) in [4.78, 5) is 25.0. The van der Waals surface area contributed by atoms with Crippen molar-refractivity contribution in [3.05, 3.63) is 23.8 Å². The summed E-state index contributed by atoms with van der Waals surface area (Å²) in [5, 5.41) is 8.96. The lowest BCUT2D eigenvalue weighted by atomic mass is 9.99. The Morgan fingerprint density at radius 2 is 2.00 bits per heavy atom. The van der Waals surface area contributed by atoms with Gasteiger partial charge in [0, 0.05) is 13.1 Å². The van der Waals surface area contributed by atoms with E-state index in [-0.39, 0.29) is 12.5 Å². The molecule has 3 N–H and O–H groups in total. The van der Waals surface area contributed by atoms with E-state index in [1.54, 1.807) is 17.0 Å². The number of carbonyl (C=O) groups is 2. The lowest BCUT2D eigenvalue weighted by Crippen LogP contribution is -2.40. The molecule has 24 heavy (non-hydrogen) atoms. The van der Waals surface area contributed by atoms with Gasteiger partial charge in [-0.05, 0) is 36.5 Å². The molecular weight excluding hydrogens is 312 g/mol. The minimum atomic E-state index is -1.13. The summed E-state index contributed by atoms with van der Waals surface area (Å²) in [6, 6.07) is 3.51. The number of hydrogen-bond acceptors (Lipinski definition) is 5. The molecule has 1 heterocycles. The highest BCUT2D eigenvalue weighted by Gasteiger charge is 2.21. The fourth-order valence-corrected chi connectivity index (χ4v) is 2.63. The van der Waals surface area contributed by atoms with Crippen LogP contribution in [-0.2, 0) is 9.59 Å². The topological polar surface area (TPSA) is 102 Å². The van der Waals surface area contributed by atoms with Gasteiger partial charge in [0.15, 0.2) is 18.1 Å². The number of likely N-dealkylation sites (tertiary alicyclic amines) is 1. The normalized spacial score (nSPS) is 16.5. The third-order valence-electron chi connectivity index (χ3n) is 4.30. The van der Waals surface area contributed by atoms with Crippen molar-refractivity contribution < 1.29 is 24.2 Å². The smallest absolute Gasteiger partial charge is 0.325 e. The van der Waals surface area contributed by atoms with Gasteiger partial charge in [0.1, 0.15) is 6.04 Å². The van der Waals surface area contributed by atoms with E-state index in [4.69, 9.17) is 20.3 Å². The largest absolute Gasteiger partial charge is 0.493 e. The highest BCUT2D eigenvalue weighted by molar-refractivity contribution is 5.78. The van der Waals surface area contributed by atoms with Gasteiger partial charge < -0.3 is 25.2 Å². The standard InChI is InChI=1S/C17H24N2O5/c1-11-5-7-19(8-6-11)15(20)10-24-13-4-3-12(9-14(13)23-2)16(18)17(21)22/h3-4,9,11,16H,5-8,10,18H2,1-2H3,(H,21,22)/t16-/m0/s1. The zero-order valence-corrected chi connectivity index (χ0v) is 14.0. The second-order valence-electron chi connectivity index (χ2n) is 6.08. The van der Waals surface area contributed by atoms with E-state index in [0.717, 1.165) is 25.9 Å². The molecule has 1 amide bonds. The van der Waals surface area contributed by atoms with Gasteiger partial charge in [-0.2, -0.15) is 0 Å². The van der Waals surface area contributed by atoms with Crippen LogP contribution in [0.25, 0.3) is 0 Å². The molecule has 0 bridgehead atoms. The van der Waals surface area contributed by atoms with Crippen molar-refractivity contribution in [3.8, 4) is 11.5 Å². The predicted molar refractivity (Wildman–Crippen MR) is 88.0 cm³/mol. The van der Waals surface area contributed by atoms with Gasteiger partial charge in [0.05, 0.1) is 7.11 Å². The molecule has 0 saturated carbocycles. The van der Waals surface area contributed by atoms with Crippen LogP contribution in [0.15, 0.2) is 18.2 Å². The first kappa shape index (κ1) is 18.1. The summed E-state index contributed by atoms with van der Waals surface area (Å²) >= 11 is 0. The molecule has 0 aromatic heterocycles. The second-order valence-corrected chi connectivity index (χ2v) is 6.08. The summed E-state index contributed by atoms with van der Waals surface area (Å²) in [7, 11) is 1.45. The summed E-state index contributed by atoms with van der Waals surface area (Å²) in [6.45, 7) is 3.63. The summed E-state index contributed by atoms with van der Waals surface area (Å²) in [6.07, 6.45) is 2.02. The maximum Gasteiger partial charge on any atom is 0.325 e. The number of nitrogens with zero attached hydrogens (tertiary/aromatic N) is 1. The minimum absolute atomic E-state index is 0.0599. The summed E-state index contributed by atoms with van der Waals surface area (Å²) in [5.41, 5.74) is 5.99. The Kier molecular flexibility index (Phi) is 6.03. The third kappa shape index (κ3) is 4.38. The number of benzene rings is 1. The van der Waals surface area contributed by atoms with Gasteiger partial charge in [-0.3, -0.25) is 9.59 Å². The monoisotopic (exact) mass is 336 g/mol. The zero-order chi connectivity index (χ0) is 17.7. The first-order chi connectivity index (χ1) is 11.4. The predicted octanol–water partition coefficient (Wildman–Crippen LogP) is 1.42. The van der Waals surface area contributed by atoms with Crippen LogP contribution >= 0.6 is 0 Å². The van der Waals surface area contributed by atoms with Crippen LogP contribution in [0.1, 0.15) is 31.4 Å². The number of carboxylic acids is 1. The van der Waals surface area contributed by atoms with E-state index in [1.165, 1.54) is 13.2 Å². The van der Waals surface area contributed by atoms with E-state index in [9.17, 15) is 9.59 Å². The van der Waals surface area contributed by atoms with Gasteiger partial charge in [-0.25, -0.2) is 0 Å². The number of hydrogen-bond donors (Lipinski definition) is 2. The van der Waals surface area contributed by atoms with Crippen molar-refractivity contribution in [2.45, 2.75) is 25.8 Å². The van der Waals surface area contributed by atoms with Gasteiger partial charge >= 0.3 is 5.97 Å². The second kappa shape index (κ2) is 8.01. The summed E-state index contributed by atoms with van der Waals surface area (Å²) in [5.74, 6) is 0.207. The average molecular weight is 336 g/mol. The number of amides is 1. The quantitative estimate of drug-likeness (QED) is 0.814. The van der Waals surface area contributed by atoms with Crippen molar-refractivity contribution in [2.24, 2.45) is 11.7 Å². The number of nitrogens with two attached hydrogens (primary N) is 1. The molecule has 132 valence electrons. The fraction of sp³-hybridized carbons (Fsp3) is 0.529. The molecule has 7 nitrogen and oxygen atoms in total. The number of carboxylic acid groups (broad SMARTS) is 1. The highest BCUT2D eigenvalue weighted by atomic mass is 16.5. The molecular formula is C17H24N2O5. The van der Waals surface area contributed by atoms with Crippen LogP contribution in [0, 0.1) is 5.92 Å². The molecule has 7 heteroatoms. The number of methoxy groups -OCH3 is 1. The van der Waals surface area contributed by atoms with Crippen LogP contribution in [0.5, 0.6) is 11.5 Å². The fourth-order valence-electron chi connectivity index (χ4n) is 2.63. The van der Waals surface area contributed by atoms with Crippen LogP contribution in [0.3, 0.4) is 0 Å². The van der Waals surface area contributed by atoms with Crippen molar-refractivity contribution in [3.63, 3.8) is 0 Å². The number of piperidine rings is 1. The van der Waals surface area contributed by atoms with Crippen LogP contribution < -0.4 is 15.2 Å². The number of carbonyl (C=O) groups excluding carboxylic acids is 1. The van der Waals surface area contributed by atoms with Crippen molar-refractivity contribution in [2.75, 3.05) is 26.8 Å². The zero-order valence-electron chi connectivity index (χ0n) is 14.0. The Morgan fingerprint density at radius 3 is 2.58 bits per heavy atom. The Morgan fingerprint density at radius 1 is 1.33 bits per heavy atom. The number of ether oxygens (including phenoxy) is 2. The molecule has 2 rings (SSSR count). The first-order valence-electron chi connectivity index (χ1n) is 7.99. The first-order valence-corrected chi connectivity index (χ1v) is 7.99. The van der Waals surface area contributed by atoms with Crippen LogP contribution in [0.4, 0.5) is 0 Å². The van der Waals surface area contributed by atoms with E-state index < -0.39 is 12.0 Å². The number of rotatable bonds is 6. The van der Waals surface area contributed by atoms with E-state index in [0.29, 0.717) is 23.0 Å². The molecule has 1 aromatic rings. The Hall–Kier alpha value is -2.28. The van der Waals surface area contributed by atoms with Crippen molar-refractivity contribution in [1.82, 2.24) is 4.90 Å². The minimum Gasteiger partial charge on any atom is -0.493 e. The third-order valence-corrected chi connectivity index (χ3v) is 4.30. The Labute approximate surface area is 141 Å². The lowest BCUT2D eigenvalue weighted by molar-refractivity contribution is -0.138. The Balaban J connectivity index is 1.99. The highest BCUT2D eigenvalue weighted by Crippen LogP contribution is 2.30. The maximum atomic E-state index is 12.2. The van der Waals surface area contributed by atoms with Gasteiger partial charge in [0.25, 0.3) is 5.91 Å². The SMILES string of the molecule is COc1cc([C@H](N)C(=O)O)ccc1OCC(=O)N1CCC(C)CC1. The van der Waals surface area contributed by atoms with Crippen molar-refractivity contribution >= 4 is 11.9 Å². The molecule has 1 fully saturated rings. The average Bonchev–Trinajstić information content (AvgIpc) is 2.59. The lowest BCUT2D eigenvalue weighted by Gasteiger charge is -2.30. The molecule has 0 unspecified atom stereocenters. The molecule has 1 aliphatic rings. The molecule has 1 saturated heterocycles. The van der Waals surface area contributed by atoms with Gasteiger partial charge in [0.2, 0.25) is 0 Å². The molecule has 1 atom stereocenters. The number of aliphatic carboxylic acids is 1. The Bertz CT molecular complexity index is 597. The molecule has 0 spiro atoms. The molecule has 1 aliphatic heterocycles. The van der Waals surface area contributed by atoms with Gasteiger partial charge in [-0.15, -0.1) is 0 Å². The van der Waals surface area contributed by atoms with Crippen LogP contribution in [0.2, 0.25) is 0 Å². The van der Waals surface area contributed by atoms with Gasteiger partial charge in [-0.1, -0.05) is 13.0 Å². The molecule has 0 radical (unpaired) electrons.